The molecule has 0 spiro atoms. The molecular weight excluding hydrogens is 369 g/mol. The van der Waals surface area contributed by atoms with Gasteiger partial charge in [0, 0.05) is 50.3 Å². The van der Waals surface area contributed by atoms with Crippen LogP contribution in [0.4, 0.5) is 24.9 Å². The van der Waals surface area contributed by atoms with E-state index in [0.717, 1.165) is 17.3 Å². The molecule has 0 unspecified atom stereocenters. The van der Waals surface area contributed by atoms with Crippen LogP contribution < -0.4 is 9.80 Å². The average molecular weight is 386 g/mol. The zero-order valence-electron chi connectivity index (χ0n) is 14.8. The largest absolute Gasteiger partial charge is 0.433 e. The van der Waals surface area contributed by atoms with Gasteiger partial charge in [-0.05, 0) is 30.3 Å². The lowest BCUT2D eigenvalue weighted by Crippen LogP contribution is -2.47. The van der Waals surface area contributed by atoms with Crippen molar-refractivity contribution in [1.82, 2.24) is 19.9 Å². The molecule has 28 heavy (non-hydrogen) atoms. The third-order valence-corrected chi connectivity index (χ3v) is 4.53. The fourth-order valence-corrected chi connectivity index (χ4v) is 3.08. The molecule has 0 aliphatic carbocycles. The number of alkyl halides is 3. The van der Waals surface area contributed by atoms with Crippen molar-refractivity contribution in [2.75, 3.05) is 36.0 Å². The summed E-state index contributed by atoms with van der Waals surface area (Å²) in [5.74, 6) is 0.937. The molecule has 1 aliphatic heterocycles. The number of hydrogen-bond donors (Lipinski definition) is 0. The lowest BCUT2D eigenvalue weighted by molar-refractivity contribution is -0.141. The summed E-state index contributed by atoms with van der Waals surface area (Å²) in [6.45, 7) is 2.27. The van der Waals surface area contributed by atoms with Gasteiger partial charge in [0.15, 0.2) is 0 Å². The summed E-state index contributed by atoms with van der Waals surface area (Å²) < 4.78 is 38.7. The third-order valence-electron chi connectivity index (χ3n) is 4.53. The molecule has 4 rings (SSSR count). The standard InChI is InChI=1S/C19H17F3N6/c20-19(21,22)16-2-1-3-17(26-16)27-10-12-28(13-11-27)18-24-9-6-15(25-18)14-4-7-23-8-5-14/h1-9H,10-13H2. The van der Waals surface area contributed by atoms with Crippen molar-refractivity contribution in [3.05, 3.63) is 60.7 Å². The lowest BCUT2D eigenvalue weighted by atomic mass is 10.2. The predicted molar refractivity (Wildman–Crippen MR) is 98.9 cm³/mol. The van der Waals surface area contributed by atoms with Gasteiger partial charge in [0.25, 0.3) is 0 Å². The number of aromatic nitrogens is 4. The summed E-state index contributed by atoms with van der Waals surface area (Å²) >= 11 is 0. The van der Waals surface area contributed by atoms with Crippen LogP contribution in [-0.4, -0.2) is 46.1 Å². The van der Waals surface area contributed by atoms with Crippen LogP contribution in [0.25, 0.3) is 11.3 Å². The van der Waals surface area contributed by atoms with E-state index in [2.05, 4.69) is 19.9 Å². The van der Waals surface area contributed by atoms with Gasteiger partial charge in [-0.15, -0.1) is 0 Å². The molecule has 6 nitrogen and oxygen atoms in total. The summed E-state index contributed by atoms with van der Waals surface area (Å²) in [6, 6.07) is 9.57. The molecule has 144 valence electrons. The first kappa shape index (κ1) is 18.1. The first-order chi connectivity index (χ1) is 13.5. The molecule has 1 aliphatic rings. The number of halogens is 3. The molecule has 1 saturated heterocycles. The van der Waals surface area contributed by atoms with E-state index in [4.69, 9.17) is 0 Å². The molecule has 9 heteroatoms. The SMILES string of the molecule is FC(F)(F)c1cccc(N2CCN(c3nccc(-c4ccncc4)n3)CC2)n1. The molecule has 4 heterocycles. The summed E-state index contributed by atoms with van der Waals surface area (Å²) in [6.07, 6.45) is 0.674. The number of anilines is 2. The van der Waals surface area contributed by atoms with Crippen molar-refractivity contribution in [3.8, 4) is 11.3 Å². The highest BCUT2D eigenvalue weighted by Gasteiger charge is 2.33. The molecule has 3 aromatic rings. The fourth-order valence-electron chi connectivity index (χ4n) is 3.08. The number of rotatable bonds is 3. The Morgan fingerprint density at radius 2 is 1.50 bits per heavy atom. The second-order valence-corrected chi connectivity index (χ2v) is 6.33. The molecule has 0 aromatic carbocycles. The lowest BCUT2D eigenvalue weighted by Gasteiger charge is -2.35. The van der Waals surface area contributed by atoms with E-state index < -0.39 is 11.9 Å². The van der Waals surface area contributed by atoms with E-state index in [0.29, 0.717) is 37.9 Å². The highest BCUT2D eigenvalue weighted by molar-refractivity contribution is 5.59. The van der Waals surface area contributed by atoms with Crippen LogP contribution >= 0.6 is 0 Å². The van der Waals surface area contributed by atoms with E-state index in [1.807, 2.05) is 28.0 Å². The van der Waals surface area contributed by atoms with Gasteiger partial charge in [-0.3, -0.25) is 4.98 Å². The second kappa shape index (κ2) is 7.41. The highest BCUT2D eigenvalue weighted by Crippen LogP contribution is 2.29. The monoisotopic (exact) mass is 386 g/mol. The molecule has 0 bridgehead atoms. The fraction of sp³-hybridized carbons (Fsp3) is 0.263. The van der Waals surface area contributed by atoms with Crippen molar-refractivity contribution in [3.63, 3.8) is 0 Å². The average Bonchev–Trinajstić information content (AvgIpc) is 2.74. The van der Waals surface area contributed by atoms with Gasteiger partial charge >= 0.3 is 6.18 Å². The van der Waals surface area contributed by atoms with Gasteiger partial charge in [-0.25, -0.2) is 15.0 Å². The Balaban J connectivity index is 1.46. The van der Waals surface area contributed by atoms with Gasteiger partial charge in [-0.1, -0.05) is 6.07 Å². The third kappa shape index (κ3) is 3.88. The Morgan fingerprint density at radius 3 is 2.21 bits per heavy atom. The second-order valence-electron chi connectivity index (χ2n) is 6.33. The summed E-state index contributed by atoms with van der Waals surface area (Å²) in [4.78, 5) is 20.6. The van der Waals surface area contributed by atoms with Crippen LogP contribution in [0.5, 0.6) is 0 Å². The first-order valence-corrected chi connectivity index (χ1v) is 8.78. The van der Waals surface area contributed by atoms with Gasteiger partial charge < -0.3 is 9.80 Å². The van der Waals surface area contributed by atoms with E-state index >= 15 is 0 Å². The molecular formula is C19H17F3N6. The molecule has 0 N–H and O–H groups in total. The van der Waals surface area contributed by atoms with Gasteiger partial charge in [0.1, 0.15) is 11.5 Å². The van der Waals surface area contributed by atoms with Crippen LogP contribution in [0.1, 0.15) is 5.69 Å². The van der Waals surface area contributed by atoms with Crippen molar-refractivity contribution in [1.29, 1.82) is 0 Å². The zero-order valence-corrected chi connectivity index (χ0v) is 14.8. The Morgan fingerprint density at radius 1 is 0.786 bits per heavy atom. The highest BCUT2D eigenvalue weighted by atomic mass is 19.4. The van der Waals surface area contributed by atoms with Crippen LogP contribution in [0.15, 0.2) is 55.0 Å². The topological polar surface area (TPSA) is 58.0 Å². The van der Waals surface area contributed by atoms with Crippen molar-refractivity contribution < 1.29 is 13.2 Å². The number of hydrogen-bond acceptors (Lipinski definition) is 6. The van der Waals surface area contributed by atoms with Gasteiger partial charge in [0.05, 0.1) is 5.69 Å². The maximum absolute atomic E-state index is 12.9. The summed E-state index contributed by atoms with van der Waals surface area (Å²) in [5, 5.41) is 0. The Bertz CT molecular complexity index is 940. The number of pyridine rings is 2. The van der Waals surface area contributed by atoms with Crippen molar-refractivity contribution >= 4 is 11.8 Å². The minimum atomic E-state index is -4.45. The van der Waals surface area contributed by atoms with Crippen LogP contribution in [-0.2, 0) is 6.18 Å². The van der Waals surface area contributed by atoms with Crippen LogP contribution in [0.2, 0.25) is 0 Å². The van der Waals surface area contributed by atoms with Crippen molar-refractivity contribution in [2.24, 2.45) is 0 Å². The van der Waals surface area contributed by atoms with E-state index in [1.165, 1.54) is 6.07 Å². The van der Waals surface area contributed by atoms with Crippen LogP contribution in [0.3, 0.4) is 0 Å². The van der Waals surface area contributed by atoms with Gasteiger partial charge in [-0.2, -0.15) is 13.2 Å². The van der Waals surface area contributed by atoms with E-state index in [9.17, 15) is 13.2 Å². The maximum Gasteiger partial charge on any atom is 0.433 e. The minimum Gasteiger partial charge on any atom is -0.353 e. The summed E-state index contributed by atoms with van der Waals surface area (Å²) in [7, 11) is 0. The van der Waals surface area contributed by atoms with E-state index in [1.54, 1.807) is 24.7 Å². The minimum absolute atomic E-state index is 0.334. The first-order valence-electron chi connectivity index (χ1n) is 8.78. The molecule has 0 atom stereocenters. The Labute approximate surface area is 159 Å². The van der Waals surface area contributed by atoms with Crippen LogP contribution in [0, 0.1) is 0 Å². The number of nitrogens with zero attached hydrogens (tertiary/aromatic N) is 6. The maximum atomic E-state index is 12.9. The molecule has 0 radical (unpaired) electrons. The normalized spacial score (nSPS) is 15.0. The Hall–Kier alpha value is -3.23. The predicted octanol–water partition coefficient (Wildman–Crippen LogP) is 3.28. The molecule has 1 fully saturated rings. The molecule has 0 saturated carbocycles. The zero-order chi connectivity index (χ0) is 19.6. The van der Waals surface area contributed by atoms with Crippen molar-refractivity contribution in [2.45, 2.75) is 6.18 Å². The Kier molecular flexibility index (Phi) is 4.81. The molecule has 3 aromatic heterocycles. The molecule has 0 amide bonds. The quantitative estimate of drug-likeness (QED) is 0.689. The smallest absolute Gasteiger partial charge is 0.353 e. The number of piperazine rings is 1. The summed E-state index contributed by atoms with van der Waals surface area (Å²) in [5.41, 5.74) is 0.876. The van der Waals surface area contributed by atoms with Gasteiger partial charge in [0.2, 0.25) is 5.95 Å². The van der Waals surface area contributed by atoms with E-state index in [-0.39, 0.29) is 0 Å².